The van der Waals surface area contributed by atoms with E-state index in [0.29, 0.717) is 0 Å². The first-order valence-electron chi connectivity index (χ1n) is 2.87. The second kappa shape index (κ2) is 4.03. The first kappa shape index (κ1) is 13.7. The number of ketones is 1. The molecule has 0 N–H and O–H groups in total. The Morgan fingerprint density at radius 2 is 1.33 bits per heavy atom. The topological polar surface area (TPSA) is 26.3 Å². The summed E-state index contributed by atoms with van der Waals surface area (Å²) in [7, 11) is 0. The van der Waals surface area contributed by atoms with Gasteiger partial charge in [0.05, 0.1) is 0 Å². The van der Waals surface area contributed by atoms with Crippen molar-refractivity contribution in [2.24, 2.45) is 0 Å². The molecular weight excluding hydrogens is 244 g/mol. The summed E-state index contributed by atoms with van der Waals surface area (Å²) < 4.78 is 94.4. The summed E-state index contributed by atoms with van der Waals surface area (Å²) >= 11 is 0. The van der Waals surface area contributed by atoms with Crippen LogP contribution in [0.5, 0.6) is 0 Å². The zero-order chi connectivity index (χ0) is 12.4. The number of rotatable bonds is 3. The van der Waals surface area contributed by atoms with Gasteiger partial charge in [-0.05, 0) is 0 Å². The highest BCUT2D eigenvalue weighted by atomic mass is 19.4. The van der Waals surface area contributed by atoms with Crippen LogP contribution in [-0.2, 0) is 9.53 Å². The molecule has 2 nitrogen and oxygen atoms in total. The smallest absolute Gasteiger partial charge is 0.396 e. The lowest BCUT2D eigenvalue weighted by molar-refractivity contribution is -0.253. The Hall–Kier alpha value is -1.35. The number of carbonyl (C=O) groups is 1. The maximum atomic E-state index is 12.0. The average Bonchev–Trinajstić information content (AvgIpc) is 2.00. The van der Waals surface area contributed by atoms with Gasteiger partial charge >= 0.3 is 30.2 Å². The number of Topliss-reactive ketones (excluding diaryl/α,β-unsaturated/α-hetero) is 1. The maximum Gasteiger partial charge on any atom is 0.472 e. The van der Waals surface area contributed by atoms with Crippen molar-refractivity contribution in [1.82, 2.24) is 0 Å². The predicted molar refractivity (Wildman–Crippen MR) is 27.4 cm³/mol. The summed E-state index contributed by atoms with van der Waals surface area (Å²) in [5, 5.41) is 0. The van der Waals surface area contributed by atoms with Crippen molar-refractivity contribution >= 4 is 5.78 Å². The number of carbonyl (C=O) groups excluding carboxylic acids is 1. The monoisotopic (exact) mass is 244 g/mol. The quantitative estimate of drug-likeness (QED) is 0.563. The molecule has 0 spiro atoms. The minimum Gasteiger partial charge on any atom is -0.396 e. The Labute approximate surface area is 76.1 Å². The molecule has 0 bridgehead atoms. The fourth-order valence-corrected chi connectivity index (χ4v) is 0.362. The molecule has 0 saturated heterocycles. The van der Waals surface area contributed by atoms with Crippen LogP contribution in [0.3, 0.4) is 0 Å². The van der Waals surface area contributed by atoms with Crippen LogP contribution >= 0.6 is 0 Å². The van der Waals surface area contributed by atoms with Gasteiger partial charge in [0.15, 0.2) is 0 Å². The van der Waals surface area contributed by atoms with E-state index in [0.717, 1.165) is 0 Å². The SMILES string of the molecule is O=C(C(F)(F)F)C(F)(F)OC(F)=C(F)F. The van der Waals surface area contributed by atoms with Gasteiger partial charge in [-0.1, -0.05) is 0 Å². The van der Waals surface area contributed by atoms with E-state index >= 15 is 0 Å². The number of halogens is 8. The van der Waals surface area contributed by atoms with E-state index in [1.54, 1.807) is 0 Å². The molecule has 10 heteroatoms. The zero-order valence-corrected chi connectivity index (χ0v) is 6.34. The third-order valence-electron chi connectivity index (χ3n) is 0.888. The standard InChI is InChI=1S/C5F8O2/c6-1(7)2(8)15-5(12,13)3(14)4(9,10)11. The molecule has 0 aromatic carbocycles. The highest BCUT2D eigenvalue weighted by molar-refractivity contribution is 5.89. The van der Waals surface area contributed by atoms with E-state index in [-0.39, 0.29) is 0 Å². The molecule has 0 aliphatic carbocycles. The third kappa shape index (κ3) is 3.72. The summed E-state index contributed by atoms with van der Waals surface area (Å²) in [6.45, 7) is 0. The molecular formula is C5F8O2. The van der Waals surface area contributed by atoms with Crippen LogP contribution < -0.4 is 0 Å². The Morgan fingerprint density at radius 1 is 0.933 bits per heavy atom. The molecule has 15 heavy (non-hydrogen) atoms. The van der Waals surface area contributed by atoms with Gasteiger partial charge in [0.2, 0.25) is 0 Å². The molecule has 0 rings (SSSR count). The molecule has 0 heterocycles. The van der Waals surface area contributed by atoms with Gasteiger partial charge in [0.25, 0.3) is 0 Å². The molecule has 0 atom stereocenters. The second-order valence-electron chi connectivity index (χ2n) is 1.98. The van der Waals surface area contributed by atoms with Crippen molar-refractivity contribution in [3.05, 3.63) is 12.1 Å². The van der Waals surface area contributed by atoms with E-state index in [1.165, 1.54) is 0 Å². The molecule has 0 saturated carbocycles. The zero-order valence-electron chi connectivity index (χ0n) is 6.34. The van der Waals surface area contributed by atoms with Gasteiger partial charge in [-0.2, -0.15) is 35.1 Å². The Morgan fingerprint density at radius 3 is 1.60 bits per heavy atom. The molecule has 0 amide bonds. The average molecular weight is 244 g/mol. The number of hydrogen-bond donors (Lipinski definition) is 0. The van der Waals surface area contributed by atoms with Gasteiger partial charge in [-0.15, -0.1) is 0 Å². The minimum atomic E-state index is -6.03. The molecule has 0 radical (unpaired) electrons. The summed E-state index contributed by atoms with van der Waals surface area (Å²) in [6, 6.07) is -3.25. The van der Waals surface area contributed by atoms with E-state index in [2.05, 4.69) is 4.74 Å². The molecule has 0 aliphatic rings. The van der Waals surface area contributed by atoms with Crippen LogP contribution in [0.2, 0.25) is 0 Å². The van der Waals surface area contributed by atoms with E-state index in [1.807, 2.05) is 0 Å². The van der Waals surface area contributed by atoms with E-state index < -0.39 is 30.2 Å². The Kier molecular flexibility index (Phi) is 3.66. The molecule has 0 aliphatic heterocycles. The number of hydrogen-bond acceptors (Lipinski definition) is 2. The van der Waals surface area contributed by atoms with Gasteiger partial charge in [-0.25, -0.2) is 0 Å². The normalized spacial score (nSPS) is 12.3. The summed E-state index contributed by atoms with van der Waals surface area (Å²) in [4.78, 5) is 9.81. The molecule has 0 fully saturated rings. The summed E-state index contributed by atoms with van der Waals surface area (Å²) in [5.74, 6) is -3.79. The van der Waals surface area contributed by atoms with Crippen molar-refractivity contribution < 1.29 is 44.7 Å². The summed E-state index contributed by atoms with van der Waals surface area (Å²) in [6.07, 6.45) is -15.2. The number of alkyl halides is 5. The number of ether oxygens (including phenoxy) is 1. The lowest BCUT2D eigenvalue weighted by Crippen LogP contribution is -2.41. The second-order valence-corrected chi connectivity index (χ2v) is 1.98. The molecule has 88 valence electrons. The van der Waals surface area contributed by atoms with Crippen LogP contribution in [0.15, 0.2) is 12.1 Å². The Balaban J connectivity index is 4.87. The van der Waals surface area contributed by atoms with E-state index in [9.17, 15) is 39.9 Å². The fraction of sp³-hybridized carbons (Fsp3) is 0.400. The van der Waals surface area contributed by atoms with Gasteiger partial charge < -0.3 is 4.74 Å². The predicted octanol–water partition coefficient (Wildman–Crippen LogP) is 2.76. The van der Waals surface area contributed by atoms with Crippen LogP contribution in [0.4, 0.5) is 35.1 Å². The van der Waals surface area contributed by atoms with Gasteiger partial charge in [0.1, 0.15) is 0 Å². The lowest BCUT2D eigenvalue weighted by atomic mass is 10.3. The van der Waals surface area contributed by atoms with Crippen LogP contribution in [-0.4, -0.2) is 18.1 Å². The van der Waals surface area contributed by atoms with E-state index in [4.69, 9.17) is 0 Å². The molecule has 0 unspecified atom stereocenters. The first-order valence-corrected chi connectivity index (χ1v) is 2.87. The van der Waals surface area contributed by atoms with Crippen LogP contribution in [0, 0.1) is 0 Å². The third-order valence-corrected chi connectivity index (χ3v) is 0.888. The first-order chi connectivity index (χ1) is 6.48. The minimum absolute atomic E-state index is 2.25. The van der Waals surface area contributed by atoms with Crippen molar-refractivity contribution in [1.29, 1.82) is 0 Å². The maximum absolute atomic E-state index is 12.0. The highest BCUT2D eigenvalue weighted by Gasteiger charge is 2.58. The lowest BCUT2D eigenvalue weighted by Gasteiger charge is -2.15. The van der Waals surface area contributed by atoms with Gasteiger partial charge in [-0.3, -0.25) is 4.79 Å². The fourth-order valence-electron chi connectivity index (χ4n) is 0.362. The van der Waals surface area contributed by atoms with Crippen molar-refractivity contribution in [3.63, 3.8) is 0 Å². The van der Waals surface area contributed by atoms with Crippen LogP contribution in [0.25, 0.3) is 0 Å². The molecule has 0 aromatic heterocycles. The largest absolute Gasteiger partial charge is 0.472 e. The van der Waals surface area contributed by atoms with Crippen molar-refractivity contribution in [2.75, 3.05) is 0 Å². The highest BCUT2D eigenvalue weighted by Crippen LogP contribution is 2.31. The van der Waals surface area contributed by atoms with Crippen molar-refractivity contribution in [3.8, 4) is 0 Å². The van der Waals surface area contributed by atoms with Crippen molar-refractivity contribution in [2.45, 2.75) is 12.3 Å². The van der Waals surface area contributed by atoms with Crippen LogP contribution in [0.1, 0.15) is 0 Å². The Bertz CT molecular complexity index is 286. The van der Waals surface area contributed by atoms with Gasteiger partial charge in [0, 0.05) is 0 Å². The molecule has 0 aromatic rings. The summed E-state index contributed by atoms with van der Waals surface area (Å²) in [5.41, 5.74) is 0.